The van der Waals surface area contributed by atoms with E-state index in [4.69, 9.17) is 4.42 Å². The number of nitrogens with zero attached hydrogens (tertiary/aromatic N) is 1. The third-order valence-corrected chi connectivity index (χ3v) is 2.94. The first-order chi connectivity index (χ1) is 9.06. The van der Waals surface area contributed by atoms with Crippen LogP contribution in [0, 0.1) is 6.92 Å². The van der Waals surface area contributed by atoms with E-state index in [0.29, 0.717) is 5.76 Å². The molecule has 5 heteroatoms. The predicted molar refractivity (Wildman–Crippen MR) is 75.9 cm³/mol. The molecule has 0 radical (unpaired) electrons. The van der Waals surface area contributed by atoms with E-state index < -0.39 is 5.97 Å². The van der Waals surface area contributed by atoms with Crippen molar-refractivity contribution in [1.29, 1.82) is 0 Å². The van der Waals surface area contributed by atoms with Crippen LogP contribution in [0.3, 0.4) is 0 Å². The molecule has 0 aliphatic carbocycles. The van der Waals surface area contributed by atoms with Crippen LogP contribution in [0.5, 0.6) is 0 Å². The topological polar surface area (TPSA) is 51.8 Å². The van der Waals surface area contributed by atoms with Crippen LogP contribution in [-0.2, 0) is 9.63 Å². The number of rotatable bonds is 3. The van der Waals surface area contributed by atoms with Gasteiger partial charge in [0, 0.05) is 17.0 Å². The maximum Gasteiger partial charge on any atom is 0.331 e. The highest BCUT2D eigenvalue weighted by Gasteiger charge is 2.07. The molecule has 19 heavy (non-hydrogen) atoms. The Kier molecular flexibility index (Phi) is 4.16. The summed E-state index contributed by atoms with van der Waals surface area (Å²) in [4.78, 5) is 15.0. The summed E-state index contributed by atoms with van der Waals surface area (Å²) < 4.78 is 6.64. The molecule has 0 atom stereocenters. The van der Waals surface area contributed by atoms with Gasteiger partial charge in [-0.3, -0.25) is 0 Å². The predicted octanol–water partition coefficient (Wildman–Crippen LogP) is 3.91. The highest BCUT2D eigenvalue weighted by atomic mass is 79.9. The summed E-state index contributed by atoms with van der Waals surface area (Å²) in [6.45, 7) is 3.30. The van der Waals surface area contributed by atoms with Gasteiger partial charge in [-0.2, -0.15) is 0 Å². The minimum Gasteiger partial charge on any atom is -0.455 e. The van der Waals surface area contributed by atoms with Gasteiger partial charge in [0.15, 0.2) is 0 Å². The van der Waals surface area contributed by atoms with Gasteiger partial charge in [-0.25, -0.2) is 4.79 Å². The van der Waals surface area contributed by atoms with Crippen molar-refractivity contribution in [1.82, 2.24) is 0 Å². The SMILES string of the molecule is CC(=O)O/N=C/c1ccc(-c2ccc(Br)cc2C)o1. The van der Waals surface area contributed by atoms with Crippen LogP contribution in [0.4, 0.5) is 0 Å². The maximum atomic E-state index is 10.6. The summed E-state index contributed by atoms with van der Waals surface area (Å²) >= 11 is 3.42. The van der Waals surface area contributed by atoms with Gasteiger partial charge in [0.2, 0.25) is 0 Å². The average molecular weight is 322 g/mol. The van der Waals surface area contributed by atoms with Crippen LogP contribution in [0.2, 0.25) is 0 Å². The van der Waals surface area contributed by atoms with Gasteiger partial charge in [0.25, 0.3) is 0 Å². The van der Waals surface area contributed by atoms with Crippen molar-refractivity contribution >= 4 is 28.1 Å². The van der Waals surface area contributed by atoms with Crippen molar-refractivity contribution < 1.29 is 14.0 Å². The van der Waals surface area contributed by atoms with Crippen LogP contribution in [0.25, 0.3) is 11.3 Å². The molecule has 0 aliphatic rings. The van der Waals surface area contributed by atoms with Crippen molar-refractivity contribution in [2.45, 2.75) is 13.8 Å². The Balaban J connectivity index is 2.21. The molecule has 0 N–H and O–H groups in total. The Morgan fingerprint density at radius 1 is 1.37 bits per heavy atom. The summed E-state index contributed by atoms with van der Waals surface area (Å²) in [5.74, 6) is 0.805. The molecule has 0 saturated carbocycles. The molecule has 0 amide bonds. The van der Waals surface area contributed by atoms with Gasteiger partial charge in [0.05, 0.1) is 0 Å². The molecule has 0 aliphatic heterocycles. The second kappa shape index (κ2) is 5.84. The Labute approximate surface area is 119 Å². The second-order valence-electron chi connectivity index (χ2n) is 3.98. The number of carbonyl (C=O) groups excluding carboxylic acids is 1. The summed E-state index contributed by atoms with van der Waals surface area (Å²) in [5, 5.41) is 3.51. The fourth-order valence-corrected chi connectivity index (χ4v) is 2.10. The maximum absolute atomic E-state index is 10.6. The van der Waals surface area contributed by atoms with E-state index >= 15 is 0 Å². The lowest BCUT2D eigenvalue weighted by Gasteiger charge is -2.02. The van der Waals surface area contributed by atoms with Crippen LogP contribution < -0.4 is 0 Å². The van der Waals surface area contributed by atoms with Crippen molar-refractivity contribution in [2.75, 3.05) is 0 Å². The lowest BCUT2D eigenvalue weighted by atomic mass is 10.1. The van der Waals surface area contributed by atoms with Crippen LogP contribution >= 0.6 is 15.9 Å². The van der Waals surface area contributed by atoms with Crippen LogP contribution in [0.15, 0.2) is 44.4 Å². The van der Waals surface area contributed by atoms with Crippen molar-refractivity contribution in [3.63, 3.8) is 0 Å². The molecule has 1 aromatic carbocycles. The monoisotopic (exact) mass is 321 g/mol. The van der Waals surface area contributed by atoms with Crippen LogP contribution in [-0.4, -0.2) is 12.2 Å². The molecular weight excluding hydrogens is 310 g/mol. The number of oxime groups is 1. The minimum atomic E-state index is -0.466. The first kappa shape index (κ1) is 13.5. The van der Waals surface area contributed by atoms with E-state index in [1.165, 1.54) is 13.1 Å². The number of aryl methyl sites for hydroxylation is 1. The van der Waals surface area contributed by atoms with E-state index in [9.17, 15) is 4.79 Å². The number of hydrogen-bond donors (Lipinski definition) is 0. The standard InChI is InChI=1S/C14H12BrNO3/c1-9-7-11(15)3-5-13(9)14-6-4-12(18-14)8-16-19-10(2)17/h3-8H,1-2H3/b16-8+. The van der Waals surface area contributed by atoms with E-state index in [-0.39, 0.29) is 0 Å². The molecule has 2 rings (SSSR count). The number of carbonyl (C=O) groups is 1. The number of hydrogen-bond acceptors (Lipinski definition) is 4. The van der Waals surface area contributed by atoms with Gasteiger partial charge in [-0.15, -0.1) is 0 Å². The largest absolute Gasteiger partial charge is 0.455 e. The van der Waals surface area contributed by atoms with Crippen molar-refractivity contribution in [2.24, 2.45) is 5.16 Å². The fraction of sp³-hybridized carbons (Fsp3) is 0.143. The Hall–Kier alpha value is -1.88. The third-order valence-electron chi connectivity index (χ3n) is 2.44. The Morgan fingerprint density at radius 3 is 2.84 bits per heavy atom. The number of halogens is 1. The zero-order chi connectivity index (χ0) is 13.8. The zero-order valence-corrected chi connectivity index (χ0v) is 12.1. The molecule has 0 spiro atoms. The smallest absolute Gasteiger partial charge is 0.331 e. The second-order valence-corrected chi connectivity index (χ2v) is 4.89. The zero-order valence-electron chi connectivity index (χ0n) is 10.5. The normalized spacial score (nSPS) is 10.9. The average Bonchev–Trinajstić information content (AvgIpc) is 2.77. The lowest BCUT2D eigenvalue weighted by Crippen LogP contribution is -1.90. The van der Waals surface area contributed by atoms with E-state index in [0.717, 1.165) is 21.4 Å². The summed E-state index contributed by atoms with van der Waals surface area (Å²) in [5.41, 5.74) is 2.11. The molecule has 98 valence electrons. The molecule has 1 heterocycles. The summed E-state index contributed by atoms with van der Waals surface area (Å²) in [7, 11) is 0. The minimum absolute atomic E-state index is 0.466. The highest BCUT2D eigenvalue weighted by molar-refractivity contribution is 9.10. The lowest BCUT2D eigenvalue weighted by molar-refractivity contribution is -0.140. The molecule has 1 aromatic heterocycles. The first-order valence-electron chi connectivity index (χ1n) is 5.63. The van der Waals surface area contributed by atoms with E-state index in [1.54, 1.807) is 6.07 Å². The van der Waals surface area contributed by atoms with E-state index in [2.05, 4.69) is 25.9 Å². The molecule has 0 saturated heterocycles. The molecule has 4 nitrogen and oxygen atoms in total. The summed E-state index contributed by atoms with van der Waals surface area (Å²) in [6.07, 6.45) is 1.36. The Bertz CT molecular complexity index is 631. The van der Waals surface area contributed by atoms with Crippen molar-refractivity contribution in [3.8, 4) is 11.3 Å². The van der Waals surface area contributed by atoms with Gasteiger partial charge < -0.3 is 9.25 Å². The number of furan rings is 1. The van der Waals surface area contributed by atoms with Gasteiger partial charge in [0.1, 0.15) is 17.7 Å². The molecule has 0 unspecified atom stereocenters. The molecule has 0 fully saturated rings. The fourth-order valence-electron chi connectivity index (χ4n) is 1.62. The van der Waals surface area contributed by atoms with Gasteiger partial charge >= 0.3 is 5.97 Å². The highest BCUT2D eigenvalue weighted by Crippen LogP contribution is 2.27. The van der Waals surface area contributed by atoms with Crippen LogP contribution in [0.1, 0.15) is 18.2 Å². The quantitative estimate of drug-likeness (QED) is 0.489. The third kappa shape index (κ3) is 3.54. The number of benzene rings is 1. The molecular formula is C14H12BrNO3. The van der Waals surface area contributed by atoms with Crippen molar-refractivity contribution in [3.05, 3.63) is 46.1 Å². The van der Waals surface area contributed by atoms with Gasteiger partial charge in [-0.05, 0) is 42.8 Å². The Morgan fingerprint density at radius 2 is 2.16 bits per heavy atom. The first-order valence-corrected chi connectivity index (χ1v) is 6.43. The molecule has 0 bridgehead atoms. The molecule has 2 aromatic rings. The van der Waals surface area contributed by atoms with Gasteiger partial charge in [-0.1, -0.05) is 21.1 Å². The van der Waals surface area contributed by atoms with E-state index in [1.807, 2.05) is 31.2 Å². The summed E-state index contributed by atoms with van der Waals surface area (Å²) in [6, 6.07) is 9.57.